The Morgan fingerprint density at radius 2 is 0.566 bits per heavy atom. The number of hydrogen-bond donors (Lipinski definition) is 3. The Morgan fingerprint density at radius 1 is 0.325 bits per heavy atom. The summed E-state index contributed by atoms with van der Waals surface area (Å²) >= 11 is 0. The zero-order valence-electron chi connectivity index (χ0n) is 56.5. The SMILES string of the molecule is CCCCCCCCCCCCC/C=C/C(O)C(CO)NC(=O)CCCCCCCCCCCCCCCCCCC/C=C\CCCCCCCCCCCCCCCCOC(=O)CCCCCCCCCCCCCCCCCCCC. The quantitative estimate of drug-likeness (QED) is 0.0320. The van der Waals surface area contributed by atoms with Crippen LogP contribution in [0.1, 0.15) is 431 Å². The number of amides is 1. The van der Waals surface area contributed by atoms with Gasteiger partial charge in [-0.05, 0) is 57.8 Å². The van der Waals surface area contributed by atoms with E-state index in [2.05, 4.69) is 31.3 Å². The number of hydrogen-bond acceptors (Lipinski definition) is 5. The molecule has 6 nitrogen and oxygen atoms in total. The number of carbonyl (C=O) groups is 2. The van der Waals surface area contributed by atoms with Gasteiger partial charge in [0.15, 0.2) is 0 Å². The smallest absolute Gasteiger partial charge is 0.305 e. The van der Waals surface area contributed by atoms with E-state index >= 15 is 0 Å². The summed E-state index contributed by atoms with van der Waals surface area (Å²) in [5.74, 6) is -0.0373. The molecule has 0 rings (SSSR count). The number of aliphatic hydroxyl groups is 2. The zero-order valence-corrected chi connectivity index (χ0v) is 56.5. The molecule has 0 bridgehead atoms. The minimum Gasteiger partial charge on any atom is -0.466 e. The molecule has 6 heteroatoms. The van der Waals surface area contributed by atoms with E-state index in [1.165, 1.54) is 366 Å². The first-order valence-corrected chi connectivity index (χ1v) is 38.1. The average Bonchev–Trinajstić information content (AvgIpc) is 3.49. The maximum Gasteiger partial charge on any atom is 0.305 e. The van der Waals surface area contributed by atoms with E-state index in [1.54, 1.807) is 6.08 Å². The monoisotopic (exact) mass is 1170 g/mol. The van der Waals surface area contributed by atoms with Crippen molar-refractivity contribution in [2.24, 2.45) is 0 Å². The fourth-order valence-electron chi connectivity index (χ4n) is 12.2. The van der Waals surface area contributed by atoms with Crippen LogP contribution in [0, 0.1) is 0 Å². The molecule has 2 unspecified atom stereocenters. The van der Waals surface area contributed by atoms with Gasteiger partial charge in [-0.3, -0.25) is 9.59 Å². The molecule has 0 aromatic rings. The van der Waals surface area contributed by atoms with Crippen LogP contribution in [0.5, 0.6) is 0 Å². The maximum atomic E-state index is 12.5. The summed E-state index contributed by atoms with van der Waals surface area (Å²) in [6.45, 7) is 4.94. The molecule has 0 saturated carbocycles. The number of allylic oxidation sites excluding steroid dienone is 3. The number of esters is 1. The fourth-order valence-corrected chi connectivity index (χ4v) is 12.2. The lowest BCUT2D eigenvalue weighted by molar-refractivity contribution is -0.143. The summed E-state index contributed by atoms with van der Waals surface area (Å²) < 4.78 is 5.52. The third kappa shape index (κ3) is 69.3. The molecular weight excluding hydrogens is 1020 g/mol. The number of carbonyl (C=O) groups excluding carboxylic acids is 2. The van der Waals surface area contributed by atoms with E-state index in [4.69, 9.17) is 4.74 Å². The lowest BCUT2D eigenvalue weighted by Crippen LogP contribution is -2.45. The lowest BCUT2D eigenvalue weighted by atomic mass is 10.0. The first-order chi connectivity index (χ1) is 41.0. The van der Waals surface area contributed by atoms with Gasteiger partial charge in [-0.2, -0.15) is 0 Å². The molecule has 0 heterocycles. The van der Waals surface area contributed by atoms with Crippen molar-refractivity contribution >= 4 is 11.9 Å². The third-order valence-corrected chi connectivity index (χ3v) is 18.0. The Kier molecular flexibility index (Phi) is 71.4. The maximum absolute atomic E-state index is 12.5. The van der Waals surface area contributed by atoms with Gasteiger partial charge >= 0.3 is 5.97 Å². The highest BCUT2D eigenvalue weighted by Gasteiger charge is 2.18. The summed E-state index contributed by atoms with van der Waals surface area (Å²) in [6.07, 6.45) is 93.0. The van der Waals surface area contributed by atoms with Crippen molar-refractivity contribution in [3.8, 4) is 0 Å². The van der Waals surface area contributed by atoms with Crippen LogP contribution in [0.4, 0.5) is 0 Å². The molecule has 2 atom stereocenters. The highest BCUT2D eigenvalue weighted by atomic mass is 16.5. The third-order valence-electron chi connectivity index (χ3n) is 18.0. The Hall–Kier alpha value is -1.66. The Morgan fingerprint density at radius 3 is 0.855 bits per heavy atom. The van der Waals surface area contributed by atoms with E-state index in [0.717, 1.165) is 38.5 Å². The van der Waals surface area contributed by atoms with Gasteiger partial charge in [-0.1, -0.05) is 385 Å². The van der Waals surface area contributed by atoms with Crippen molar-refractivity contribution in [3.05, 3.63) is 24.3 Å². The fraction of sp³-hybridized carbons (Fsp3) is 0.922. The molecule has 0 spiro atoms. The molecular formula is C77H149NO5. The summed E-state index contributed by atoms with van der Waals surface area (Å²) in [6, 6.07) is -0.624. The van der Waals surface area contributed by atoms with Gasteiger partial charge in [0.1, 0.15) is 0 Å². The van der Waals surface area contributed by atoms with Gasteiger partial charge in [-0.15, -0.1) is 0 Å². The van der Waals surface area contributed by atoms with Gasteiger partial charge in [-0.25, -0.2) is 0 Å². The van der Waals surface area contributed by atoms with Crippen LogP contribution in [0.2, 0.25) is 0 Å². The van der Waals surface area contributed by atoms with Gasteiger partial charge in [0.25, 0.3) is 0 Å². The Labute approximate surface area is 520 Å². The predicted molar refractivity (Wildman–Crippen MR) is 366 cm³/mol. The molecule has 0 radical (unpaired) electrons. The zero-order chi connectivity index (χ0) is 59.9. The molecule has 0 aliphatic carbocycles. The summed E-state index contributed by atoms with van der Waals surface area (Å²) in [5.41, 5.74) is 0. The van der Waals surface area contributed by atoms with Crippen LogP contribution in [-0.2, 0) is 14.3 Å². The minimum absolute atomic E-state index is 0.0252. The van der Waals surface area contributed by atoms with Crippen molar-refractivity contribution in [2.75, 3.05) is 13.2 Å². The van der Waals surface area contributed by atoms with Crippen molar-refractivity contribution in [2.45, 2.75) is 443 Å². The van der Waals surface area contributed by atoms with Gasteiger partial charge in [0.2, 0.25) is 5.91 Å². The Bertz CT molecular complexity index is 1300. The van der Waals surface area contributed by atoms with Crippen LogP contribution in [-0.4, -0.2) is 47.4 Å². The van der Waals surface area contributed by atoms with E-state index in [9.17, 15) is 19.8 Å². The molecule has 83 heavy (non-hydrogen) atoms. The summed E-state index contributed by atoms with van der Waals surface area (Å²) in [7, 11) is 0. The van der Waals surface area contributed by atoms with E-state index < -0.39 is 12.1 Å². The minimum atomic E-state index is -0.841. The van der Waals surface area contributed by atoms with Gasteiger partial charge in [0.05, 0.1) is 25.4 Å². The number of nitrogens with one attached hydrogen (secondary N) is 1. The molecule has 3 N–H and O–H groups in total. The highest BCUT2D eigenvalue weighted by molar-refractivity contribution is 5.76. The molecule has 0 aromatic heterocycles. The Balaban J connectivity index is 3.32. The van der Waals surface area contributed by atoms with Gasteiger partial charge in [0, 0.05) is 12.8 Å². The largest absolute Gasteiger partial charge is 0.466 e. The van der Waals surface area contributed by atoms with Crippen LogP contribution in [0.15, 0.2) is 24.3 Å². The second kappa shape index (κ2) is 72.8. The summed E-state index contributed by atoms with van der Waals surface area (Å²) in [5, 5.41) is 23.1. The standard InChI is InChI=1S/C77H149NO5/c1-3-5-7-9-11-13-15-17-18-19-40-43-47-51-55-59-63-67-71-77(82)83-72-68-64-60-56-52-48-44-41-38-36-34-32-30-28-26-24-22-20-21-23-25-27-29-31-33-35-37-39-42-46-50-54-58-62-66-70-76(81)78-74(73-79)75(80)69-65-61-57-53-49-45-16-14-12-10-8-6-4-2/h22,24,65,69,74-75,79-80H,3-21,23,25-64,66-68,70-73H2,1-2H3,(H,78,81)/b24-22-,69-65+. The van der Waals surface area contributed by atoms with Crippen LogP contribution >= 0.6 is 0 Å². The molecule has 1 amide bonds. The first-order valence-electron chi connectivity index (χ1n) is 38.1. The lowest BCUT2D eigenvalue weighted by Gasteiger charge is -2.20. The van der Waals surface area contributed by atoms with Crippen molar-refractivity contribution in [1.29, 1.82) is 0 Å². The van der Waals surface area contributed by atoms with Crippen molar-refractivity contribution in [1.82, 2.24) is 5.32 Å². The van der Waals surface area contributed by atoms with Crippen molar-refractivity contribution in [3.63, 3.8) is 0 Å². The van der Waals surface area contributed by atoms with E-state index in [0.29, 0.717) is 19.4 Å². The van der Waals surface area contributed by atoms with Crippen LogP contribution in [0.25, 0.3) is 0 Å². The van der Waals surface area contributed by atoms with E-state index in [1.807, 2.05) is 6.08 Å². The van der Waals surface area contributed by atoms with Crippen LogP contribution in [0.3, 0.4) is 0 Å². The number of ether oxygens (including phenoxy) is 1. The van der Waals surface area contributed by atoms with Crippen molar-refractivity contribution < 1.29 is 24.5 Å². The number of unbranched alkanes of at least 4 members (excludes halogenated alkanes) is 59. The first kappa shape index (κ1) is 81.3. The normalized spacial score (nSPS) is 12.6. The number of rotatable bonds is 72. The van der Waals surface area contributed by atoms with E-state index in [-0.39, 0.29) is 18.5 Å². The van der Waals surface area contributed by atoms with Gasteiger partial charge < -0.3 is 20.3 Å². The predicted octanol–water partition coefficient (Wildman–Crippen LogP) is 24.9. The van der Waals surface area contributed by atoms with Crippen LogP contribution < -0.4 is 5.32 Å². The second-order valence-corrected chi connectivity index (χ2v) is 26.3. The topological polar surface area (TPSA) is 95.9 Å². The molecule has 0 fully saturated rings. The molecule has 0 aromatic carbocycles. The second-order valence-electron chi connectivity index (χ2n) is 26.3. The summed E-state index contributed by atoms with van der Waals surface area (Å²) in [4.78, 5) is 24.6. The molecule has 0 saturated heterocycles. The molecule has 0 aliphatic heterocycles. The average molecular weight is 1170 g/mol. The molecule has 0 aliphatic rings. The highest BCUT2D eigenvalue weighted by Crippen LogP contribution is 2.19. The molecule has 492 valence electrons. The number of aliphatic hydroxyl groups excluding tert-OH is 2.